The molecule has 1 atom stereocenters. The maximum absolute atomic E-state index is 11.7. The molecule has 0 bridgehead atoms. The molecule has 96 valence electrons. The van der Waals surface area contributed by atoms with Crippen LogP contribution in [0.25, 0.3) is 0 Å². The van der Waals surface area contributed by atoms with E-state index in [-0.39, 0.29) is 11.4 Å². The Morgan fingerprint density at radius 2 is 1.65 bits per heavy atom. The van der Waals surface area contributed by atoms with E-state index in [1.165, 1.54) is 13.8 Å². The van der Waals surface area contributed by atoms with Crippen LogP contribution in [-0.4, -0.2) is 23.4 Å². The molecule has 0 fully saturated rings. The van der Waals surface area contributed by atoms with Crippen LogP contribution in [0.1, 0.15) is 41.5 Å². The van der Waals surface area contributed by atoms with Crippen LogP contribution in [0.5, 0.6) is 0 Å². The van der Waals surface area contributed by atoms with Gasteiger partial charge in [0.25, 0.3) is 0 Å². The molecule has 0 radical (unpaired) electrons. The molecule has 0 aliphatic carbocycles. The van der Waals surface area contributed by atoms with E-state index in [0.29, 0.717) is 0 Å². The Hall–Kier alpha value is -1.57. The van der Waals surface area contributed by atoms with Gasteiger partial charge >= 0.3 is 0 Å². The maximum atomic E-state index is 11.7. The van der Waals surface area contributed by atoms with Gasteiger partial charge in [-0.2, -0.15) is 5.26 Å². The number of rotatable bonds is 3. The molecule has 0 saturated heterocycles. The first-order valence-corrected chi connectivity index (χ1v) is 5.54. The number of hydrogen-bond acceptors (Lipinski definition) is 3. The van der Waals surface area contributed by atoms with E-state index in [0.717, 1.165) is 0 Å². The Bertz CT molecular complexity index is 348. The van der Waals surface area contributed by atoms with Crippen molar-refractivity contribution < 1.29 is 9.59 Å². The minimum Gasteiger partial charge on any atom is -0.350 e. The van der Waals surface area contributed by atoms with E-state index < -0.39 is 17.4 Å². The summed E-state index contributed by atoms with van der Waals surface area (Å²) < 4.78 is 0. The molecule has 0 aromatic rings. The van der Waals surface area contributed by atoms with Crippen molar-refractivity contribution in [1.29, 1.82) is 5.26 Å². The van der Waals surface area contributed by atoms with E-state index in [9.17, 15) is 9.59 Å². The summed E-state index contributed by atoms with van der Waals surface area (Å²) in [7, 11) is 0. The summed E-state index contributed by atoms with van der Waals surface area (Å²) in [6.07, 6.45) is 0. The molecule has 0 spiro atoms. The van der Waals surface area contributed by atoms with Crippen LogP contribution in [0, 0.1) is 16.7 Å². The molecule has 0 saturated carbocycles. The van der Waals surface area contributed by atoms with E-state index in [2.05, 4.69) is 10.6 Å². The van der Waals surface area contributed by atoms with Gasteiger partial charge in [-0.25, -0.2) is 0 Å². The summed E-state index contributed by atoms with van der Waals surface area (Å²) in [6, 6.07) is 1.23. The van der Waals surface area contributed by atoms with Crippen molar-refractivity contribution in [3.63, 3.8) is 0 Å². The topological polar surface area (TPSA) is 82.0 Å². The molecule has 0 rings (SSSR count). The molecule has 17 heavy (non-hydrogen) atoms. The van der Waals surface area contributed by atoms with Crippen molar-refractivity contribution in [3.8, 4) is 6.07 Å². The van der Waals surface area contributed by atoms with Gasteiger partial charge < -0.3 is 10.6 Å². The smallest absolute Gasteiger partial charge is 0.242 e. The molecule has 0 heterocycles. The normalized spacial score (nSPS) is 13.5. The van der Waals surface area contributed by atoms with Gasteiger partial charge in [0.2, 0.25) is 11.8 Å². The number of nitriles is 1. The van der Waals surface area contributed by atoms with Crippen LogP contribution >= 0.6 is 0 Å². The standard InChI is InChI=1S/C12H21N3O2/c1-8(9(16)15-11(2,3)4)14-10(17)12(5,6)7-13/h8H,1-6H3,(H,14,17)(H,15,16). The summed E-state index contributed by atoms with van der Waals surface area (Å²) in [5.74, 6) is -0.712. The van der Waals surface area contributed by atoms with E-state index in [1.807, 2.05) is 26.8 Å². The van der Waals surface area contributed by atoms with Gasteiger partial charge in [0.05, 0.1) is 6.07 Å². The van der Waals surface area contributed by atoms with Gasteiger partial charge in [0.1, 0.15) is 11.5 Å². The van der Waals surface area contributed by atoms with Crippen molar-refractivity contribution in [1.82, 2.24) is 10.6 Å². The van der Waals surface area contributed by atoms with Crippen LogP contribution < -0.4 is 10.6 Å². The number of nitrogens with zero attached hydrogens (tertiary/aromatic N) is 1. The highest BCUT2D eigenvalue weighted by molar-refractivity contribution is 5.90. The van der Waals surface area contributed by atoms with Crippen molar-refractivity contribution in [2.45, 2.75) is 53.1 Å². The lowest BCUT2D eigenvalue weighted by atomic mass is 9.94. The van der Waals surface area contributed by atoms with Crippen LogP contribution in [0.3, 0.4) is 0 Å². The summed E-state index contributed by atoms with van der Waals surface area (Å²) >= 11 is 0. The summed E-state index contributed by atoms with van der Waals surface area (Å²) in [6.45, 7) is 10.2. The molecule has 0 aliphatic rings. The number of hydrogen-bond donors (Lipinski definition) is 2. The van der Waals surface area contributed by atoms with Gasteiger partial charge in [-0.15, -0.1) is 0 Å². The molecule has 0 aromatic carbocycles. The fourth-order valence-electron chi connectivity index (χ4n) is 0.971. The van der Waals surface area contributed by atoms with Crippen LogP contribution in [0.4, 0.5) is 0 Å². The Labute approximate surface area is 103 Å². The highest BCUT2D eigenvalue weighted by Crippen LogP contribution is 2.13. The first kappa shape index (κ1) is 15.4. The van der Waals surface area contributed by atoms with E-state index in [4.69, 9.17) is 5.26 Å². The van der Waals surface area contributed by atoms with Crippen molar-refractivity contribution in [2.24, 2.45) is 5.41 Å². The molecule has 0 aliphatic heterocycles. The number of nitrogens with one attached hydrogen (secondary N) is 2. The highest BCUT2D eigenvalue weighted by Gasteiger charge is 2.30. The Kier molecular flexibility index (Phi) is 4.70. The third-order valence-corrected chi connectivity index (χ3v) is 2.09. The summed E-state index contributed by atoms with van der Waals surface area (Å²) in [4.78, 5) is 23.4. The summed E-state index contributed by atoms with van der Waals surface area (Å²) in [5.41, 5.74) is -1.48. The zero-order chi connectivity index (χ0) is 13.9. The second kappa shape index (κ2) is 5.17. The zero-order valence-corrected chi connectivity index (χ0v) is 11.3. The number of amides is 2. The Balaban J connectivity index is 4.48. The minimum absolute atomic E-state index is 0.264. The van der Waals surface area contributed by atoms with Crippen molar-refractivity contribution >= 4 is 11.8 Å². The largest absolute Gasteiger partial charge is 0.350 e. The first-order valence-electron chi connectivity index (χ1n) is 5.54. The fraction of sp³-hybridized carbons (Fsp3) is 0.750. The predicted molar refractivity (Wildman–Crippen MR) is 64.9 cm³/mol. The van der Waals surface area contributed by atoms with Crippen molar-refractivity contribution in [2.75, 3.05) is 0 Å². The molecule has 1 unspecified atom stereocenters. The molecule has 5 nitrogen and oxygen atoms in total. The molecular weight excluding hydrogens is 218 g/mol. The fourth-order valence-corrected chi connectivity index (χ4v) is 0.971. The molecule has 5 heteroatoms. The second-order valence-corrected chi connectivity index (χ2v) is 5.67. The Morgan fingerprint density at radius 1 is 1.18 bits per heavy atom. The third-order valence-electron chi connectivity index (χ3n) is 2.09. The van der Waals surface area contributed by atoms with Gasteiger partial charge in [-0.3, -0.25) is 9.59 Å². The lowest BCUT2D eigenvalue weighted by Crippen LogP contribution is -2.52. The average molecular weight is 239 g/mol. The molecular formula is C12H21N3O2. The minimum atomic E-state index is -1.13. The number of carbonyl (C=O) groups excluding carboxylic acids is 2. The van der Waals surface area contributed by atoms with Gasteiger partial charge in [-0.05, 0) is 41.5 Å². The predicted octanol–water partition coefficient (Wildman–Crippen LogP) is 0.956. The van der Waals surface area contributed by atoms with Gasteiger partial charge in [0, 0.05) is 5.54 Å². The van der Waals surface area contributed by atoms with Crippen LogP contribution in [0.2, 0.25) is 0 Å². The van der Waals surface area contributed by atoms with E-state index >= 15 is 0 Å². The van der Waals surface area contributed by atoms with Crippen molar-refractivity contribution in [3.05, 3.63) is 0 Å². The lowest BCUT2D eigenvalue weighted by Gasteiger charge is -2.25. The lowest BCUT2D eigenvalue weighted by molar-refractivity contribution is -0.132. The SMILES string of the molecule is CC(NC(=O)C(C)(C)C#N)C(=O)NC(C)(C)C. The molecule has 2 amide bonds. The number of carbonyl (C=O) groups is 2. The Morgan fingerprint density at radius 3 is 2.00 bits per heavy atom. The highest BCUT2D eigenvalue weighted by atomic mass is 16.2. The average Bonchev–Trinajstić information content (AvgIpc) is 2.14. The van der Waals surface area contributed by atoms with Crippen LogP contribution in [-0.2, 0) is 9.59 Å². The molecule has 0 aromatic heterocycles. The third kappa shape index (κ3) is 5.34. The van der Waals surface area contributed by atoms with E-state index in [1.54, 1.807) is 6.92 Å². The summed E-state index contributed by atoms with van der Waals surface area (Å²) in [5, 5.41) is 14.1. The first-order chi connectivity index (χ1) is 7.49. The monoisotopic (exact) mass is 239 g/mol. The van der Waals surface area contributed by atoms with Gasteiger partial charge in [0.15, 0.2) is 0 Å². The quantitative estimate of drug-likeness (QED) is 0.769. The second-order valence-electron chi connectivity index (χ2n) is 5.67. The zero-order valence-electron chi connectivity index (χ0n) is 11.3. The maximum Gasteiger partial charge on any atom is 0.242 e. The van der Waals surface area contributed by atoms with Crippen LogP contribution in [0.15, 0.2) is 0 Å². The van der Waals surface area contributed by atoms with Gasteiger partial charge in [-0.1, -0.05) is 0 Å². The molecule has 2 N–H and O–H groups in total.